The number of hydrogen-bond acceptors (Lipinski definition) is 0. The number of rotatable bonds is 4. The van der Waals surface area contributed by atoms with Gasteiger partial charge in [0.25, 0.3) is 0 Å². The molecule has 0 N–H and O–H groups in total. The molecule has 0 bridgehead atoms. The largest absolute Gasteiger partial charge is 0.118 e. The van der Waals surface area contributed by atoms with Gasteiger partial charge in [-0.3, -0.25) is 0 Å². The second-order valence-corrected chi connectivity index (χ2v) is 6.28. The van der Waals surface area contributed by atoms with Gasteiger partial charge in [0.2, 0.25) is 0 Å². The summed E-state index contributed by atoms with van der Waals surface area (Å²) < 4.78 is 1.17. The van der Waals surface area contributed by atoms with Crippen LogP contribution in [0.15, 0.2) is 16.6 Å². The van der Waals surface area contributed by atoms with Crippen molar-refractivity contribution in [3.05, 3.63) is 33.3 Å². The summed E-state index contributed by atoms with van der Waals surface area (Å²) in [4.78, 5) is 0. The number of alkyl halides is 1. The second-order valence-electron chi connectivity index (χ2n) is 4.90. The maximum absolute atomic E-state index is 6.46. The average molecular weight is 304 g/mol. The maximum atomic E-state index is 6.46. The van der Waals surface area contributed by atoms with Crippen LogP contribution in [0.1, 0.15) is 48.8 Å². The topological polar surface area (TPSA) is 0 Å². The molecule has 2 heteroatoms. The highest BCUT2D eigenvalue weighted by molar-refractivity contribution is 9.10. The van der Waals surface area contributed by atoms with E-state index in [2.05, 4.69) is 55.8 Å². The van der Waals surface area contributed by atoms with Crippen molar-refractivity contribution in [3.8, 4) is 0 Å². The normalized spacial score (nSPS) is 13.2. The molecule has 1 aromatic rings. The molecular weight excluding hydrogens is 284 g/mol. The summed E-state index contributed by atoms with van der Waals surface area (Å²) in [7, 11) is 0. The first-order chi connectivity index (χ1) is 7.41. The third kappa shape index (κ3) is 3.78. The smallest absolute Gasteiger partial charge is 0.0588 e. The van der Waals surface area contributed by atoms with Crippen molar-refractivity contribution in [2.45, 2.75) is 45.9 Å². The zero-order chi connectivity index (χ0) is 12.3. The van der Waals surface area contributed by atoms with Crippen molar-refractivity contribution in [1.82, 2.24) is 0 Å². The van der Waals surface area contributed by atoms with E-state index in [-0.39, 0.29) is 5.38 Å². The third-order valence-electron chi connectivity index (χ3n) is 2.88. The van der Waals surface area contributed by atoms with Crippen LogP contribution in [0.2, 0.25) is 0 Å². The Morgan fingerprint density at radius 3 is 2.31 bits per heavy atom. The van der Waals surface area contributed by atoms with Gasteiger partial charge in [0.15, 0.2) is 0 Å². The Kier molecular flexibility index (Phi) is 5.33. The lowest BCUT2D eigenvalue weighted by Crippen LogP contribution is -1.98. The first kappa shape index (κ1) is 14.1. The number of benzene rings is 1. The van der Waals surface area contributed by atoms with E-state index in [1.54, 1.807) is 0 Å². The van der Waals surface area contributed by atoms with E-state index in [0.29, 0.717) is 0 Å². The number of halogens is 2. The first-order valence-electron chi connectivity index (χ1n) is 5.82. The number of aryl methyl sites for hydroxylation is 2. The molecule has 1 aromatic carbocycles. The summed E-state index contributed by atoms with van der Waals surface area (Å²) in [6.07, 6.45) is 2.24. The average Bonchev–Trinajstić information content (AvgIpc) is 2.20. The highest BCUT2D eigenvalue weighted by atomic mass is 79.9. The lowest BCUT2D eigenvalue weighted by molar-refractivity contribution is 0.548. The summed E-state index contributed by atoms with van der Waals surface area (Å²) in [5.74, 6) is 0.720. The van der Waals surface area contributed by atoms with Crippen LogP contribution in [-0.2, 0) is 0 Å². The monoisotopic (exact) mass is 302 g/mol. The van der Waals surface area contributed by atoms with Gasteiger partial charge in [0.1, 0.15) is 0 Å². The molecule has 90 valence electrons. The molecule has 0 amide bonds. The molecule has 0 aliphatic heterocycles. The summed E-state index contributed by atoms with van der Waals surface area (Å²) in [6, 6.07) is 4.37. The highest BCUT2D eigenvalue weighted by Crippen LogP contribution is 2.32. The van der Waals surface area contributed by atoms with E-state index in [1.165, 1.54) is 27.6 Å². The lowest BCUT2D eigenvalue weighted by Gasteiger charge is -2.15. The molecule has 0 fully saturated rings. The van der Waals surface area contributed by atoms with E-state index in [0.717, 1.165) is 12.3 Å². The van der Waals surface area contributed by atoms with Crippen LogP contribution in [0.25, 0.3) is 0 Å². The fourth-order valence-electron chi connectivity index (χ4n) is 1.78. The second kappa shape index (κ2) is 6.07. The predicted molar refractivity (Wildman–Crippen MR) is 76.3 cm³/mol. The van der Waals surface area contributed by atoms with E-state index in [4.69, 9.17) is 11.6 Å². The van der Waals surface area contributed by atoms with E-state index in [1.807, 2.05) is 0 Å². The molecule has 0 radical (unpaired) electrons. The summed E-state index contributed by atoms with van der Waals surface area (Å²) >= 11 is 10.0. The van der Waals surface area contributed by atoms with Gasteiger partial charge in [0.05, 0.1) is 5.38 Å². The van der Waals surface area contributed by atoms with Crippen molar-refractivity contribution in [1.29, 1.82) is 0 Å². The molecule has 1 unspecified atom stereocenters. The Morgan fingerprint density at radius 2 is 1.75 bits per heavy atom. The van der Waals surface area contributed by atoms with Crippen LogP contribution in [0.5, 0.6) is 0 Å². The van der Waals surface area contributed by atoms with Gasteiger partial charge in [-0.1, -0.05) is 35.8 Å². The van der Waals surface area contributed by atoms with Crippen molar-refractivity contribution in [2.24, 2.45) is 5.92 Å². The Labute approximate surface area is 113 Å². The fourth-order valence-corrected chi connectivity index (χ4v) is 2.59. The van der Waals surface area contributed by atoms with Gasteiger partial charge in [-0.2, -0.15) is 0 Å². The molecule has 1 atom stereocenters. The van der Waals surface area contributed by atoms with Crippen molar-refractivity contribution in [2.75, 3.05) is 0 Å². The Hall–Kier alpha value is -0.0100. The molecule has 0 saturated heterocycles. The minimum atomic E-state index is 0.147. The van der Waals surface area contributed by atoms with Crippen molar-refractivity contribution < 1.29 is 0 Å². The van der Waals surface area contributed by atoms with Crippen LogP contribution in [0.3, 0.4) is 0 Å². The molecule has 0 nitrogen and oxygen atoms in total. The van der Waals surface area contributed by atoms with Crippen molar-refractivity contribution >= 4 is 27.5 Å². The van der Waals surface area contributed by atoms with Gasteiger partial charge < -0.3 is 0 Å². The standard InChI is InChI=1S/C14H20BrCl/c1-9(2)5-6-14(16)12-7-11(4)13(15)8-10(12)3/h7-9,14H,5-6H2,1-4H3. The molecular formula is C14H20BrCl. The number of hydrogen-bond donors (Lipinski definition) is 0. The fraction of sp³-hybridized carbons (Fsp3) is 0.571. The van der Waals surface area contributed by atoms with Crippen LogP contribution >= 0.6 is 27.5 Å². The van der Waals surface area contributed by atoms with Crippen molar-refractivity contribution in [3.63, 3.8) is 0 Å². The Bertz CT molecular complexity index is 358. The predicted octanol–water partition coefficient (Wildman–Crippen LogP) is 5.78. The van der Waals surface area contributed by atoms with Crippen LogP contribution in [0, 0.1) is 19.8 Å². The minimum Gasteiger partial charge on any atom is -0.118 e. The Balaban J connectivity index is 2.82. The molecule has 0 aromatic heterocycles. The van der Waals surface area contributed by atoms with Crippen LogP contribution in [0.4, 0.5) is 0 Å². The first-order valence-corrected chi connectivity index (χ1v) is 7.05. The Morgan fingerprint density at radius 1 is 1.12 bits per heavy atom. The van der Waals surface area contributed by atoms with Crippen LogP contribution < -0.4 is 0 Å². The molecule has 0 heterocycles. The highest BCUT2D eigenvalue weighted by Gasteiger charge is 2.12. The zero-order valence-electron chi connectivity index (χ0n) is 10.5. The zero-order valence-corrected chi connectivity index (χ0v) is 12.8. The molecule has 16 heavy (non-hydrogen) atoms. The van der Waals surface area contributed by atoms with Gasteiger partial charge in [-0.15, -0.1) is 11.6 Å². The quantitative estimate of drug-likeness (QED) is 0.618. The maximum Gasteiger partial charge on any atom is 0.0588 e. The van der Waals surface area contributed by atoms with Crippen LogP contribution in [-0.4, -0.2) is 0 Å². The molecule has 0 aliphatic rings. The summed E-state index contributed by atoms with van der Waals surface area (Å²) in [5.41, 5.74) is 3.82. The van der Waals surface area contributed by atoms with Gasteiger partial charge in [0, 0.05) is 4.47 Å². The van der Waals surface area contributed by atoms with Gasteiger partial charge in [-0.05, 0) is 55.4 Å². The molecule has 0 saturated carbocycles. The van der Waals surface area contributed by atoms with E-state index in [9.17, 15) is 0 Å². The molecule has 0 aliphatic carbocycles. The molecule has 0 spiro atoms. The van der Waals surface area contributed by atoms with Gasteiger partial charge in [-0.25, -0.2) is 0 Å². The minimum absolute atomic E-state index is 0.147. The van der Waals surface area contributed by atoms with E-state index < -0.39 is 0 Å². The van der Waals surface area contributed by atoms with Gasteiger partial charge >= 0.3 is 0 Å². The lowest BCUT2D eigenvalue weighted by atomic mass is 9.97. The molecule has 1 rings (SSSR count). The summed E-state index contributed by atoms with van der Waals surface area (Å²) in [6.45, 7) is 8.72. The third-order valence-corrected chi connectivity index (χ3v) is 4.19. The van der Waals surface area contributed by atoms with E-state index >= 15 is 0 Å². The SMILES string of the molecule is Cc1cc(C(Cl)CCC(C)C)c(C)cc1Br. The summed E-state index contributed by atoms with van der Waals surface area (Å²) in [5, 5.41) is 0.147.